The minimum absolute atomic E-state index is 0.0270. The third-order valence-electron chi connectivity index (χ3n) is 7.14. The minimum atomic E-state index is -3.40. The smallest absolute Gasteiger partial charge is 0.293 e. The van der Waals surface area contributed by atoms with E-state index in [4.69, 9.17) is 10.1 Å². The number of allylic oxidation sites excluding steroid dienone is 1. The molecule has 4 rings (SSSR count). The fraction of sp³-hybridized carbons (Fsp3) is 0.429. The summed E-state index contributed by atoms with van der Waals surface area (Å²) in [5.74, 6) is -2.96. The number of ether oxygens (including phenoxy) is 1. The van der Waals surface area contributed by atoms with E-state index in [-0.39, 0.29) is 35.4 Å². The van der Waals surface area contributed by atoms with Gasteiger partial charge in [-0.2, -0.15) is 0 Å². The number of piperazine rings is 1. The summed E-state index contributed by atoms with van der Waals surface area (Å²) in [6, 6.07) is 11.5. The van der Waals surface area contributed by atoms with Gasteiger partial charge in [0.05, 0.1) is 19.0 Å². The lowest BCUT2D eigenvalue weighted by Crippen LogP contribution is -2.48. The second kappa shape index (κ2) is 12.9. The van der Waals surface area contributed by atoms with E-state index in [0.29, 0.717) is 44.2 Å². The lowest BCUT2D eigenvalue weighted by atomic mass is 10.1. The van der Waals surface area contributed by atoms with Crippen LogP contribution in [0.1, 0.15) is 24.8 Å². The molecule has 0 aromatic heterocycles. The van der Waals surface area contributed by atoms with Gasteiger partial charge in [-0.3, -0.25) is 14.1 Å². The van der Waals surface area contributed by atoms with Gasteiger partial charge in [0.2, 0.25) is 5.76 Å². The number of hydrogen-bond donors (Lipinski definition) is 2. The maximum Gasteiger partial charge on any atom is 0.293 e. The summed E-state index contributed by atoms with van der Waals surface area (Å²) < 4.78 is 72.0. The number of alkyl halides is 1. The Hall–Kier alpha value is -3.38. The molecule has 8 nitrogen and oxygen atoms in total. The number of nitrogens with one attached hydrogen (secondary N) is 2. The second-order valence-corrected chi connectivity index (χ2v) is 12.3. The molecule has 0 atom stereocenters. The van der Waals surface area contributed by atoms with Gasteiger partial charge >= 0.3 is 0 Å². The molecule has 0 bridgehead atoms. The fourth-order valence-electron chi connectivity index (χ4n) is 4.64. The highest BCUT2D eigenvalue weighted by Crippen LogP contribution is 2.49. The number of halogens is 3. The average Bonchev–Trinajstić information content (AvgIpc) is 3.69. The van der Waals surface area contributed by atoms with Crippen LogP contribution in [-0.4, -0.2) is 75.7 Å². The van der Waals surface area contributed by atoms with Crippen LogP contribution in [0.25, 0.3) is 0 Å². The van der Waals surface area contributed by atoms with Crippen molar-refractivity contribution in [3.8, 4) is 0 Å². The summed E-state index contributed by atoms with van der Waals surface area (Å²) in [7, 11) is -3.40. The third kappa shape index (κ3) is 8.07. The van der Waals surface area contributed by atoms with Crippen LogP contribution in [-0.2, 0) is 25.1 Å². The van der Waals surface area contributed by atoms with Crippen molar-refractivity contribution in [2.75, 3.05) is 50.7 Å². The zero-order chi connectivity index (χ0) is 28.8. The van der Waals surface area contributed by atoms with Crippen LogP contribution in [0.15, 0.2) is 60.0 Å². The Morgan fingerprint density at radius 2 is 1.70 bits per heavy atom. The quantitative estimate of drug-likeness (QED) is 0.211. The number of amides is 1. The van der Waals surface area contributed by atoms with E-state index in [9.17, 15) is 26.4 Å². The number of anilines is 1. The Bertz CT molecular complexity index is 1320. The molecule has 0 spiro atoms. The van der Waals surface area contributed by atoms with Gasteiger partial charge in [-0.25, -0.2) is 17.2 Å². The highest BCUT2D eigenvalue weighted by atomic mass is 32.2. The van der Waals surface area contributed by atoms with E-state index in [0.717, 1.165) is 31.2 Å². The summed E-state index contributed by atoms with van der Waals surface area (Å²) >= 11 is 0. The standard InChI is InChI=1S/C28H33F3N4O4S/c29-19-28(6-7-28)8-13-39-26(27(36)33-24-15-22(30)14-23(31)16-24)25(17-32)35-11-9-34(10-12-35)20-40(37,38)18-21-4-2-1-3-5-21/h1-5,14-17,32H,6-13,18-20H2,(H,33,36)/b26-25-,32-17?. The summed E-state index contributed by atoms with van der Waals surface area (Å²) in [5.41, 5.74) is 0.284. The maximum absolute atomic E-state index is 13.7. The van der Waals surface area contributed by atoms with Crippen molar-refractivity contribution in [3.63, 3.8) is 0 Å². The molecule has 12 heteroatoms. The monoisotopic (exact) mass is 578 g/mol. The highest BCUT2D eigenvalue weighted by Gasteiger charge is 2.42. The molecule has 1 saturated heterocycles. The van der Waals surface area contributed by atoms with E-state index in [1.807, 2.05) is 6.07 Å². The van der Waals surface area contributed by atoms with Crippen molar-refractivity contribution in [2.45, 2.75) is 25.0 Å². The first-order chi connectivity index (χ1) is 19.1. The molecule has 2 aliphatic rings. The fourth-order valence-corrected chi connectivity index (χ4v) is 6.24. The van der Waals surface area contributed by atoms with E-state index < -0.39 is 39.5 Å². The number of carbonyl (C=O) groups is 1. The molecule has 0 radical (unpaired) electrons. The van der Waals surface area contributed by atoms with Crippen molar-refractivity contribution in [3.05, 3.63) is 77.2 Å². The number of nitrogens with zero attached hydrogens (tertiary/aromatic N) is 2. The van der Waals surface area contributed by atoms with Crippen LogP contribution in [0.2, 0.25) is 0 Å². The third-order valence-corrected chi connectivity index (χ3v) is 8.67. The average molecular weight is 579 g/mol. The zero-order valence-electron chi connectivity index (χ0n) is 22.0. The first-order valence-corrected chi connectivity index (χ1v) is 14.9. The molecule has 1 heterocycles. The van der Waals surface area contributed by atoms with Crippen LogP contribution in [0.4, 0.5) is 18.9 Å². The van der Waals surface area contributed by atoms with Crippen molar-refractivity contribution in [1.29, 1.82) is 5.41 Å². The second-order valence-electron chi connectivity index (χ2n) is 10.3. The van der Waals surface area contributed by atoms with Crippen molar-refractivity contribution >= 4 is 27.6 Å². The summed E-state index contributed by atoms with van der Waals surface area (Å²) in [6.07, 6.45) is 2.80. The molecule has 1 aliphatic heterocycles. The van der Waals surface area contributed by atoms with Crippen molar-refractivity contribution < 1.29 is 31.1 Å². The Morgan fingerprint density at radius 3 is 2.27 bits per heavy atom. The number of carbonyl (C=O) groups excluding carboxylic acids is 1. The van der Waals surface area contributed by atoms with Crippen molar-refractivity contribution in [1.82, 2.24) is 9.80 Å². The number of benzene rings is 2. The number of rotatable bonds is 13. The van der Waals surface area contributed by atoms with Crippen LogP contribution < -0.4 is 5.32 Å². The molecule has 40 heavy (non-hydrogen) atoms. The summed E-state index contributed by atoms with van der Waals surface area (Å²) in [4.78, 5) is 16.7. The van der Waals surface area contributed by atoms with E-state index >= 15 is 0 Å². The predicted molar refractivity (Wildman–Crippen MR) is 146 cm³/mol. The topological polar surface area (TPSA) is 103 Å². The lowest BCUT2D eigenvalue weighted by Gasteiger charge is -2.36. The number of hydrogen-bond acceptors (Lipinski definition) is 7. The number of sulfone groups is 1. The Labute approximate surface area is 232 Å². The van der Waals surface area contributed by atoms with Crippen LogP contribution in [0, 0.1) is 22.5 Å². The van der Waals surface area contributed by atoms with Gasteiger partial charge in [0.1, 0.15) is 23.2 Å². The SMILES string of the molecule is N=C/C(=C(/OCCC1(CF)CC1)C(=O)Nc1cc(F)cc(F)c1)N1CCN(CS(=O)(=O)Cc2ccccc2)CC1. The molecule has 1 saturated carbocycles. The predicted octanol–water partition coefficient (Wildman–Crippen LogP) is 4.11. The molecule has 2 fully saturated rings. The van der Waals surface area contributed by atoms with E-state index in [1.165, 1.54) is 0 Å². The van der Waals surface area contributed by atoms with Crippen LogP contribution in [0.5, 0.6) is 0 Å². The largest absolute Gasteiger partial charge is 0.486 e. The van der Waals surface area contributed by atoms with Gasteiger partial charge in [0.25, 0.3) is 5.91 Å². The van der Waals surface area contributed by atoms with Gasteiger partial charge in [-0.05, 0) is 37.0 Å². The first kappa shape index (κ1) is 29.6. The van der Waals surface area contributed by atoms with Crippen molar-refractivity contribution in [2.24, 2.45) is 5.41 Å². The van der Waals surface area contributed by atoms with Gasteiger partial charge < -0.3 is 20.4 Å². The summed E-state index contributed by atoms with van der Waals surface area (Å²) in [6.45, 7) is 0.889. The zero-order valence-corrected chi connectivity index (χ0v) is 22.9. The Balaban J connectivity index is 1.46. The van der Waals surface area contributed by atoms with Gasteiger partial charge in [0, 0.05) is 49.6 Å². The molecule has 1 aliphatic carbocycles. The molecule has 0 unspecified atom stereocenters. The normalized spacial score (nSPS) is 17.6. The summed E-state index contributed by atoms with van der Waals surface area (Å²) in [5, 5.41) is 10.4. The van der Waals surface area contributed by atoms with Crippen LogP contribution >= 0.6 is 0 Å². The van der Waals surface area contributed by atoms with E-state index in [1.54, 1.807) is 34.1 Å². The maximum atomic E-state index is 13.7. The van der Waals surface area contributed by atoms with E-state index in [2.05, 4.69) is 5.32 Å². The molecule has 2 N–H and O–H groups in total. The van der Waals surface area contributed by atoms with Crippen LogP contribution in [0.3, 0.4) is 0 Å². The molecule has 2 aromatic rings. The molecular formula is C28H33F3N4O4S. The molecule has 2 aromatic carbocycles. The molecule has 216 valence electrons. The first-order valence-electron chi connectivity index (χ1n) is 13.0. The Kier molecular flexibility index (Phi) is 9.52. The Morgan fingerprint density at radius 1 is 1.05 bits per heavy atom. The van der Waals surface area contributed by atoms with Gasteiger partial charge in [-0.15, -0.1) is 0 Å². The molecule has 1 amide bonds. The minimum Gasteiger partial charge on any atom is -0.486 e. The van der Waals surface area contributed by atoms with Gasteiger partial charge in [-0.1, -0.05) is 30.3 Å². The van der Waals surface area contributed by atoms with Gasteiger partial charge in [0.15, 0.2) is 9.84 Å². The highest BCUT2D eigenvalue weighted by molar-refractivity contribution is 7.90. The lowest BCUT2D eigenvalue weighted by molar-refractivity contribution is -0.116. The molecular weight excluding hydrogens is 545 g/mol.